The minimum Gasteiger partial charge on any atom is -0.497 e. The van der Waals surface area contributed by atoms with Crippen molar-refractivity contribution >= 4 is 11.6 Å². The molecule has 0 atom stereocenters. The van der Waals surface area contributed by atoms with Gasteiger partial charge in [-0.1, -0.05) is 24.3 Å². The van der Waals surface area contributed by atoms with E-state index in [4.69, 9.17) is 4.74 Å². The lowest BCUT2D eigenvalue weighted by Gasteiger charge is -2.36. The molecule has 5 heteroatoms. The maximum absolute atomic E-state index is 12.4. The Labute approximate surface area is 155 Å². The monoisotopic (exact) mass is 353 g/mol. The molecule has 0 aliphatic carbocycles. The predicted molar refractivity (Wildman–Crippen MR) is 105 cm³/mol. The molecule has 2 aromatic carbocycles. The van der Waals surface area contributed by atoms with Gasteiger partial charge in [0, 0.05) is 38.4 Å². The number of nitrogens with one attached hydrogen (secondary N) is 1. The van der Waals surface area contributed by atoms with Crippen molar-refractivity contribution < 1.29 is 9.53 Å². The van der Waals surface area contributed by atoms with Crippen molar-refractivity contribution in [2.75, 3.05) is 44.7 Å². The molecule has 1 N–H and O–H groups in total. The number of carbonyl (C=O) groups is 1. The van der Waals surface area contributed by atoms with Crippen LogP contribution in [-0.4, -0.2) is 50.6 Å². The summed E-state index contributed by atoms with van der Waals surface area (Å²) in [7, 11) is 1.67. The van der Waals surface area contributed by atoms with Gasteiger partial charge >= 0.3 is 0 Å². The number of carbonyl (C=O) groups excluding carboxylic acids is 1. The van der Waals surface area contributed by atoms with Crippen LogP contribution in [-0.2, 0) is 11.3 Å². The number of nitrogens with zero attached hydrogens (tertiary/aromatic N) is 2. The molecule has 0 saturated carbocycles. The summed E-state index contributed by atoms with van der Waals surface area (Å²) in [4.78, 5) is 16.7. The van der Waals surface area contributed by atoms with Crippen LogP contribution in [0.15, 0.2) is 48.5 Å². The third-order valence-corrected chi connectivity index (χ3v) is 4.92. The smallest absolute Gasteiger partial charge is 0.236 e. The van der Waals surface area contributed by atoms with Gasteiger partial charge in [0.2, 0.25) is 5.91 Å². The lowest BCUT2D eigenvalue weighted by Crippen LogP contribution is -2.50. The third-order valence-electron chi connectivity index (χ3n) is 4.92. The Kier molecular flexibility index (Phi) is 6.12. The van der Waals surface area contributed by atoms with Gasteiger partial charge in [-0.05, 0) is 42.3 Å². The Balaban J connectivity index is 1.43. The first-order chi connectivity index (χ1) is 12.7. The molecule has 3 rings (SSSR count). The second kappa shape index (κ2) is 8.72. The van der Waals surface area contributed by atoms with E-state index in [0.29, 0.717) is 6.54 Å². The molecule has 0 spiro atoms. The van der Waals surface area contributed by atoms with Crippen LogP contribution in [0.25, 0.3) is 0 Å². The number of benzene rings is 2. The van der Waals surface area contributed by atoms with Gasteiger partial charge in [0.25, 0.3) is 0 Å². The molecule has 26 heavy (non-hydrogen) atoms. The fraction of sp³-hybridized carbons (Fsp3) is 0.381. The second-order valence-corrected chi connectivity index (χ2v) is 6.60. The molecule has 1 heterocycles. The minimum absolute atomic E-state index is 0.174. The minimum atomic E-state index is 0.174. The Morgan fingerprint density at radius 2 is 1.73 bits per heavy atom. The molecule has 1 fully saturated rings. The molecule has 0 bridgehead atoms. The third kappa shape index (κ3) is 4.55. The van der Waals surface area contributed by atoms with Crippen LogP contribution in [0, 0.1) is 6.92 Å². The van der Waals surface area contributed by atoms with Gasteiger partial charge in [-0.25, -0.2) is 0 Å². The number of rotatable bonds is 6. The quantitative estimate of drug-likeness (QED) is 0.866. The van der Waals surface area contributed by atoms with Gasteiger partial charge in [0.05, 0.1) is 13.7 Å². The van der Waals surface area contributed by atoms with Crippen LogP contribution in [0.5, 0.6) is 5.75 Å². The zero-order valence-corrected chi connectivity index (χ0v) is 15.6. The van der Waals surface area contributed by atoms with Crippen LogP contribution in [0.2, 0.25) is 0 Å². The number of amides is 1. The first-order valence-corrected chi connectivity index (χ1v) is 9.09. The van der Waals surface area contributed by atoms with Gasteiger partial charge in [-0.3, -0.25) is 4.79 Å². The van der Waals surface area contributed by atoms with E-state index in [1.54, 1.807) is 7.11 Å². The fourth-order valence-electron chi connectivity index (χ4n) is 3.23. The molecule has 5 nitrogen and oxygen atoms in total. The Hall–Kier alpha value is -2.53. The molecular weight excluding hydrogens is 326 g/mol. The Morgan fingerprint density at radius 3 is 2.38 bits per heavy atom. The maximum Gasteiger partial charge on any atom is 0.236 e. The lowest BCUT2D eigenvalue weighted by molar-refractivity contribution is -0.130. The van der Waals surface area contributed by atoms with Gasteiger partial charge in [-0.2, -0.15) is 0 Å². The van der Waals surface area contributed by atoms with Crippen molar-refractivity contribution in [2.45, 2.75) is 13.5 Å². The topological polar surface area (TPSA) is 44.8 Å². The van der Waals surface area contributed by atoms with E-state index in [1.165, 1.54) is 16.8 Å². The van der Waals surface area contributed by atoms with Crippen LogP contribution in [0.3, 0.4) is 0 Å². The number of aryl methyl sites for hydroxylation is 1. The predicted octanol–water partition coefficient (Wildman–Crippen LogP) is 2.44. The molecular formula is C21H27N3O2. The fourth-order valence-corrected chi connectivity index (χ4v) is 3.23. The van der Waals surface area contributed by atoms with Crippen LogP contribution >= 0.6 is 0 Å². The zero-order valence-electron chi connectivity index (χ0n) is 15.6. The van der Waals surface area contributed by atoms with Gasteiger partial charge in [0.15, 0.2) is 0 Å². The highest BCUT2D eigenvalue weighted by molar-refractivity contribution is 5.78. The maximum atomic E-state index is 12.4. The summed E-state index contributed by atoms with van der Waals surface area (Å²) in [5.74, 6) is 1.04. The van der Waals surface area contributed by atoms with E-state index < -0.39 is 0 Å². The lowest BCUT2D eigenvalue weighted by atomic mass is 10.1. The summed E-state index contributed by atoms with van der Waals surface area (Å²) in [5, 5.41) is 3.28. The number of hydrogen-bond acceptors (Lipinski definition) is 4. The molecule has 1 amide bonds. The molecule has 138 valence electrons. The van der Waals surface area contributed by atoms with E-state index in [2.05, 4.69) is 41.4 Å². The first kappa shape index (κ1) is 18.3. The van der Waals surface area contributed by atoms with Crippen molar-refractivity contribution in [2.24, 2.45) is 0 Å². The highest BCUT2D eigenvalue weighted by Gasteiger charge is 2.20. The molecule has 0 aromatic heterocycles. The van der Waals surface area contributed by atoms with Gasteiger partial charge in [0.1, 0.15) is 5.75 Å². The number of anilines is 1. The van der Waals surface area contributed by atoms with Crippen molar-refractivity contribution in [3.05, 3.63) is 59.7 Å². The van der Waals surface area contributed by atoms with Crippen LogP contribution in [0.1, 0.15) is 11.1 Å². The summed E-state index contributed by atoms with van der Waals surface area (Å²) in [6.45, 7) is 6.44. The van der Waals surface area contributed by atoms with Crippen LogP contribution in [0.4, 0.5) is 5.69 Å². The van der Waals surface area contributed by atoms with E-state index >= 15 is 0 Å². The summed E-state index contributed by atoms with van der Waals surface area (Å²) >= 11 is 0. The summed E-state index contributed by atoms with van der Waals surface area (Å²) in [6.07, 6.45) is 0. The summed E-state index contributed by atoms with van der Waals surface area (Å²) in [6, 6.07) is 16.3. The van der Waals surface area contributed by atoms with Crippen molar-refractivity contribution in [1.29, 1.82) is 0 Å². The van der Waals surface area contributed by atoms with E-state index in [-0.39, 0.29) is 5.91 Å². The van der Waals surface area contributed by atoms with Crippen LogP contribution < -0.4 is 15.0 Å². The average molecular weight is 353 g/mol. The second-order valence-electron chi connectivity index (χ2n) is 6.60. The highest BCUT2D eigenvalue weighted by atomic mass is 16.5. The van der Waals surface area contributed by atoms with Crippen molar-refractivity contribution in [3.63, 3.8) is 0 Å². The standard InChI is InChI=1S/C21H27N3O2/c1-17-5-3-4-6-18(17)15-22-16-21(25)24-13-11-23(12-14-24)19-7-9-20(26-2)10-8-19/h3-10,22H,11-16H2,1-2H3. The number of ether oxygens (including phenoxy) is 1. The molecule has 1 aliphatic rings. The zero-order chi connectivity index (χ0) is 18.4. The average Bonchev–Trinajstić information content (AvgIpc) is 2.69. The van der Waals surface area contributed by atoms with Gasteiger partial charge in [-0.15, -0.1) is 0 Å². The molecule has 0 radical (unpaired) electrons. The number of methoxy groups -OCH3 is 1. The molecule has 0 unspecified atom stereocenters. The normalized spacial score (nSPS) is 14.4. The molecule has 2 aromatic rings. The van der Waals surface area contributed by atoms with Crippen molar-refractivity contribution in [1.82, 2.24) is 10.2 Å². The summed E-state index contributed by atoms with van der Waals surface area (Å²) in [5.41, 5.74) is 3.67. The summed E-state index contributed by atoms with van der Waals surface area (Å²) < 4.78 is 5.20. The van der Waals surface area contributed by atoms with Crippen molar-refractivity contribution in [3.8, 4) is 5.75 Å². The Morgan fingerprint density at radius 1 is 1.04 bits per heavy atom. The Bertz CT molecular complexity index is 722. The molecule has 1 aliphatic heterocycles. The van der Waals surface area contributed by atoms with E-state index in [0.717, 1.165) is 38.5 Å². The van der Waals surface area contributed by atoms with E-state index in [9.17, 15) is 4.79 Å². The molecule has 1 saturated heterocycles. The highest BCUT2D eigenvalue weighted by Crippen LogP contribution is 2.20. The number of hydrogen-bond donors (Lipinski definition) is 1. The first-order valence-electron chi connectivity index (χ1n) is 9.09. The van der Waals surface area contributed by atoms with Gasteiger partial charge < -0.3 is 19.9 Å². The van der Waals surface area contributed by atoms with E-state index in [1.807, 2.05) is 29.2 Å². The number of piperazine rings is 1. The SMILES string of the molecule is COc1ccc(N2CCN(C(=O)CNCc3ccccc3C)CC2)cc1. The largest absolute Gasteiger partial charge is 0.497 e.